The van der Waals surface area contributed by atoms with Crippen molar-refractivity contribution >= 4 is 21.6 Å². The average molecular weight is 415 g/mol. The third kappa shape index (κ3) is 5.08. The first-order valence-electron chi connectivity index (χ1n) is 9.19. The number of benzene rings is 2. The minimum absolute atomic E-state index is 0.0130. The Morgan fingerprint density at radius 1 is 1.07 bits per heavy atom. The predicted octanol–water partition coefficient (Wildman–Crippen LogP) is 3.76. The van der Waals surface area contributed by atoms with Crippen molar-refractivity contribution in [1.82, 2.24) is 9.97 Å². The number of aromatic nitrogens is 2. The molecule has 0 aliphatic carbocycles. The molecule has 3 aromatic rings. The van der Waals surface area contributed by atoms with Gasteiger partial charge in [0.1, 0.15) is 11.6 Å². The molecular weight excluding hydrogens is 391 g/mol. The van der Waals surface area contributed by atoms with Crippen LogP contribution in [0.25, 0.3) is 11.3 Å². The molecule has 152 valence electrons. The lowest BCUT2D eigenvalue weighted by atomic mass is 10.0. The third-order valence-electron chi connectivity index (χ3n) is 4.68. The smallest absolute Gasteiger partial charge is 0.222 e. The highest BCUT2D eigenvalue weighted by Gasteiger charge is 2.15. The van der Waals surface area contributed by atoms with Crippen LogP contribution in [-0.4, -0.2) is 30.7 Å². The van der Waals surface area contributed by atoms with Gasteiger partial charge in [0.25, 0.3) is 0 Å². The number of aryl methyl sites for hydroxylation is 1. The molecule has 0 saturated heterocycles. The summed E-state index contributed by atoms with van der Waals surface area (Å²) < 4.78 is 37.9. The highest BCUT2D eigenvalue weighted by Crippen LogP contribution is 2.26. The van der Waals surface area contributed by atoms with Crippen molar-refractivity contribution in [2.24, 2.45) is 0 Å². The fraction of sp³-hybridized carbons (Fsp3) is 0.238. The highest BCUT2D eigenvalue weighted by atomic mass is 32.2. The normalized spacial score (nSPS) is 11.4. The summed E-state index contributed by atoms with van der Waals surface area (Å²) in [5.74, 6) is -0.0112. The first-order valence-corrected chi connectivity index (χ1v) is 10.8. The molecule has 6 nitrogen and oxygen atoms in total. The number of rotatable bonds is 7. The molecule has 0 spiro atoms. The fourth-order valence-corrected chi connectivity index (χ4v) is 4.32. The number of hydrogen-bond donors (Lipinski definition) is 2. The van der Waals surface area contributed by atoms with E-state index in [0.717, 1.165) is 22.8 Å². The molecule has 3 rings (SSSR count). The molecule has 0 atom stereocenters. The van der Waals surface area contributed by atoms with E-state index in [-0.39, 0.29) is 16.6 Å². The van der Waals surface area contributed by atoms with Crippen LogP contribution < -0.4 is 11.1 Å². The lowest BCUT2D eigenvalue weighted by Crippen LogP contribution is -2.13. The molecule has 0 amide bonds. The van der Waals surface area contributed by atoms with Gasteiger partial charge in [0, 0.05) is 18.2 Å². The van der Waals surface area contributed by atoms with E-state index < -0.39 is 15.7 Å². The molecule has 0 radical (unpaired) electrons. The van der Waals surface area contributed by atoms with Crippen LogP contribution in [0.5, 0.6) is 0 Å². The van der Waals surface area contributed by atoms with Gasteiger partial charge in [-0.2, -0.15) is 4.98 Å². The van der Waals surface area contributed by atoms with Crippen LogP contribution in [0.15, 0.2) is 53.4 Å². The number of nitrogens with two attached hydrogens (primary N) is 1. The van der Waals surface area contributed by atoms with E-state index in [4.69, 9.17) is 5.73 Å². The Hall–Kier alpha value is -3.00. The van der Waals surface area contributed by atoms with Crippen molar-refractivity contribution in [2.45, 2.75) is 25.2 Å². The topological polar surface area (TPSA) is 98.0 Å². The number of nitrogens with zero attached hydrogens (tertiary/aromatic N) is 2. The molecule has 1 heterocycles. The standard InChI is InChI=1S/C21H23FN4O2S/c1-14-6-3-9-18(15(14)2)19-13-20(26-21(23)25-19)24-10-5-11-29(27,28)17-8-4-7-16(22)12-17/h3-4,6-9,12-13H,5,10-11H2,1-2H3,(H3,23,24,25,26). The van der Waals surface area contributed by atoms with Gasteiger partial charge in [-0.1, -0.05) is 24.3 Å². The van der Waals surface area contributed by atoms with Crippen molar-refractivity contribution in [2.75, 3.05) is 23.3 Å². The summed E-state index contributed by atoms with van der Waals surface area (Å²) in [6, 6.07) is 12.8. The van der Waals surface area contributed by atoms with Gasteiger partial charge in [0.2, 0.25) is 5.95 Å². The number of halogens is 1. The number of sulfone groups is 1. The molecule has 0 bridgehead atoms. The zero-order valence-corrected chi connectivity index (χ0v) is 17.1. The lowest BCUT2D eigenvalue weighted by molar-refractivity contribution is 0.589. The lowest BCUT2D eigenvalue weighted by Gasteiger charge is -2.11. The van der Waals surface area contributed by atoms with Crippen molar-refractivity contribution in [3.63, 3.8) is 0 Å². The Kier molecular flexibility index (Phi) is 6.12. The van der Waals surface area contributed by atoms with Crippen LogP contribution in [0.1, 0.15) is 17.5 Å². The van der Waals surface area contributed by atoms with E-state index >= 15 is 0 Å². The summed E-state index contributed by atoms with van der Waals surface area (Å²) in [5.41, 5.74) is 9.78. The second-order valence-electron chi connectivity index (χ2n) is 6.80. The summed E-state index contributed by atoms with van der Waals surface area (Å²) in [4.78, 5) is 8.48. The molecule has 29 heavy (non-hydrogen) atoms. The fourth-order valence-electron chi connectivity index (χ4n) is 2.98. The molecule has 8 heteroatoms. The number of nitrogens with one attached hydrogen (secondary N) is 1. The van der Waals surface area contributed by atoms with Crippen LogP contribution in [0, 0.1) is 19.7 Å². The zero-order valence-electron chi connectivity index (χ0n) is 16.3. The molecule has 0 saturated carbocycles. The molecule has 3 N–H and O–H groups in total. The maximum atomic E-state index is 13.3. The van der Waals surface area contributed by atoms with Gasteiger partial charge in [-0.3, -0.25) is 0 Å². The van der Waals surface area contributed by atoms with Crippen LogP contribution in [0.4, 0.5) is 16.2 Å². The maximum Gasteiger partial charge on any atom is 0.222 e. The zero-order chi connectivity index (χ0) is 21.0. The van der Waals surface area contributed by atoms with Gasteiger partial charge in [-0.25, -0.2) is 17.8 Å². The van der Waals surface area contributed by atoms with Gasteiger partial charge >= 0.3 is 0 Å². The van der Waals surface area contributed by atoms with E-state index in [2.05, 4.69) is 15.3 Å². The van der Waals surface area contributed by atoms with Gasteiger partial charge in [-0.15, -0.1) is 0 Å². The highest BCUT2D eigenvalue weighted by molar-refractivity contribution is 7.91. The summed E-state index contributed by atoms with van der Waals surface area (Å²) >= 11 is 0. The van der Waals surface area contributed by atoms with Crippen LogP contribution in [0.2, 0.25) is 0 Å². The Labute approximate surface area is 169 Å². The minimum Gasteiger partial charge on any atom is -0.370 e. The van der Waals surface area contributed by atoms with E-state index in [0.29, 0.717) is 24.5 Å². The minimum atomic E-state index is -3.54. The molecule has 0 unspecified atom stereocenters. The number of nitrogen functional groups attached to an aromatic ring is 1. The maximum absolute atomic E-state index is 13.3. The second-order valence-corrected chi connectivity index (χ2v) is 8.91. The van der Waals surface area contributed by atoms with Crippen molar-refractivity contribution in [3.8, 4) is 11.3 Å². The van der Waals surface area contributed by atoms with E-state index in [1.807, 2.05) is 32.0 Å². The Morgan fingerprint density at radius 2 is 1.83 bits per heavy atom. The van der Waals surface area contributed by atoms with Gasteiger partial charge in [-0.05, 0) is 49.6 Å². The van der Waals surface area contributed by atoms with Crippen molar-refractivity contribution < 1.29 is 12.8 Å². The Balaban J connectivity index is 1.67. The third-order valence-corrected chi connectivity index (χ3v) is 6.47. The first kappa shape index (κ1) is 20.7. The number of hydrogen-bond acceptors (Lipinski definition) is 6. The van der Waals surface area contributed by atoms with E-state index in [1.165, 1.54) is 18.2 Å². The predicted molar refractivity (Wildman–Crippen MR) is 113 cm³/mol. The summed E-state index contributed by atoms with van der Waals surface area (Å²) in [7, 11) is -3.54. The molecule has 0 aliphatic heterocycles. The van der Waals surface area contributed by atoms with Crippen LogP contribution >= 0.6 is 0 Å². The van der Waals surface area contributed by atoms with E-state index in [1.54, 1.807) is 6.07 Å². The van der Waals surface area contributed by atoms with Gasteiger partial charge in [0.15, 0.2) is 9.84 Å². The summed E-state index contributed by atoms with van der Waals surface area (Å²) in [6.07, 6.45) is 0.335. The summed E-state index contributed by atoms with van der Waals surface area (Å²) in [6.45, 7) is 4.42. The molecule has 1 aromatic heterocycles. The molecule has 2 aromatic carbocycles. The molecular formula is C21H23FN4O2S. The van der Waals surface area contributed by atoms with Crippen molar-refractivity contribution in [3.05, 3.63) is 65.5 Å². The van der Waals surface area contributed by atoms with Gasteiger partial charge in [0.05, 0.1) is 16.3 Å². The van der Waals surface area contributed by atoms with E-state index in [9.17, 15) is 12.8 Å². The average Bonchev–Trinajstić information content (AvgIpc) is 2.67. The quantitative estimate of drug-likeness (QED) is 0.571. The molecule has 0 aliphatic rings. The second kappa shape index (κ2) is 8.57. The van der Waals surface area contributed by atoms with Crippen molar-refractivity contribution in [1.29, 1.82) is 0 Å². The SMILES string of the molecule is Cc1cccc(-c2cc(NCCCS(=O)(=O)c3cccc(F)c3)nc(N)n2)c1C. The Bertz CT molecular complexity index is 1130. The van der Waals surface area contributed by atoms with Crippen LogP contribution in [-0.2, 0) is 9.84 Å². The Morgan fingerprint density at radius 3 is 2.59 bits per heavy atom. The summed E-state index contributed by atoms with van der Waals surface area (Å²) in [5, 5.41) is 3.10. The van der Waals surface area contributed by atoms with Gasteiger partial charge < -0.3 is 11.1 Å². The monoisotopic (exact) mass is 414 g/mol. The molecule has 0 fully saturated rings. The largest absolute Gasteiger partial charge is 0.370 e. The first-order chi connectivity index (χ1) is 13.8. The number of anilines is 2. The van der Waals surface area contributed by atoms with Crippen LogP contribution in [0.3, 0.4) is 0 Å².